The van der Waals surface area contributed by atoms with Gasteiger partial charge >= 0.3 is 0 Å². The first-order valence-corrected chi connectivity index (χ1v) is 4.97. The van der Waals surface area contributed by atoms with Crippen molar-refractivity contribution in [2.75, 3.05) is 7.11 Å². The number of carbonyl (C=O) groups excluding carboxylic acids is 1. The Balaban J connectivity index is 2.55. The van der Waals surface area contributed by atoms with Gasteiger partial charge in [-0.25, -0.2) is 4.98 Å². The van der Waals surface area contributed by atoms with Crippen LogP contribution in [-0.4, -0.2) is 23.4 Å². The third kappa shape index (κ3) is 1.39. The minimum atomic E-state index is 0.207. The second-order valence-corrected chi connectivity index (χ2v) is 3.61. The zero-order valence-electron chi connectivity index (χ0n) is 7.11. The third-order valence-corrected chi connectivity index (χ3v) is 2.83. The number of carbonyl (C=O) groups is 1. The summed E-state index contributed by atoms with van der Waals surface area (Å²) in [5.41, 5.74) is 1.96. The Morgan fingerprint density at radius 3 is 3.00 bits per heavy atom. The van der Waals surface area contributed by atoms with Gasteiger partial charge in [-0.2, -0.15) is 16.7 Å². The van der Waals surface area contributed by atoms with Crippen LogP contribution >= 0.6 is 11.8 Å². The SMILES string of the molecule is COc1nc(C=O)nc2c1CSC2. The van der Waals surface area contributed by atoms with Crippen LogP contribution in [0.25, 0.3) is 0 Å². The number of hydrogen-bond acceptors (Lipinski definition) is 5. The lowest BCUT2D eigenvalue weighted by molar-refractivity contribution is 0.111. The number of hydrogen-bond donors (Lipinski definition) is 0. The maximum Gasteiger partial charge on any atom is 0.221 e. The molecule has 2 rings (SSSR count). The Hall–Kier alpha value is -1.10. The summed E-state index contributed by atoms with van der Waals surface area (Å²) in [5, 5.41) is 0. The third-order valence-electron chi connectivity index (χ3n) is 1.86. The maximum absolute atomic E-state index is 10.5. The average Bonchev–Trinajstić information content (AvgIpc) is 2.63. The van der Waals surface area contributed by atoms with E-state index in [1.165, 1.54) is 0 Å². The number of nitrogens with zero attached hydrogens (tertiary/aromatic N) is 2. The van der Waals surface area contributed by atoms with Crippen molar-refractivity contribution in [3.63, 3.8) is 0 Å². The van der Waals surface area contributed by atoms with Gasteiger partial charge in [0.05, 0.1) is 12.8 Å². The van der Waals surface area contributed by atoms with Crippen molar-refractivity contribution >= 4 is 18.0 Å². The van der Waals surface area contributed by atoms with Crippen molar-refractivity contribution in [2.45, 2.75) is 11.5 Å². The molecule has 0 saturated carbocycles. The van der Waals surface area contributed by atoms with Crippen molar-refractivity contribution in [1.82, 2.24) is 9.97 Å². The maximum atomic E-state index is 10.5. The lowest BCUT2D eigenvalue weighted by Crippen LogP contribution is -2.02. The van der Waals surface area contributed by atoms with Gasteiger partial charge in [0.25, 0.3) is 0 Å². The Bertz CT molecular complexity index is 354. The molecule has 2 heterocycles. The molecule has 0 saturated heterocycles. The first kappa shape index (κ1) is 8.50. The van der Waals surface area contributed by atoms with E-state index in [0.29, 0.717) is 12.2 Å². The molecule has 1 aromatic rings. The number of rotatable bonds is 2. The van der Waals surface area contributed by atoms with Crippen LogP contribution in [0.4, 0.5) is 0 Å². The van der Waals surface area contributed by atoms with Crippen LogP contribution in [0.15, 0.2) is 0 Å². The van der Waals surface area contributed by atoms with Crippen molar-refractivity contribution < 1.29 is 9.53 Å². The molecule has 0 aliphatic carbocycles. The Kier molecular flexibility index (Phi) is 2.18. The molecule has 0 N–H and O–H groups in total. The average molecular weight is 196 g/mol. The number of fused-ring (bicyclic) bond motifs is 1. The van der Waals surface area contributed by atoms with E-state index in [1.807, 2.05) is 0 Å². The van der Waals surface area contributed by atoms with Crippen molar-refractivity contribution in [2.24, 2.45) is 0 Å². The monoisotopic (exact) mass is 196 g/mol. The molecule has 13 heavy (non-hydrogen) atoms. The summed E-state index contributed by atoms with van der Waals surface area (Å²) in [7, 11) is 1.56. The van der Waals surface area contributed by atoms with Gasteiger partial charge in [-0.3, -0.25) is 4.79 Å². The van der Waals surface area contributed by atoms with Gasteiger partial charge in [0.15, 0.2) is 12.1 Å². The van der Waals surface area contributed by atoms with Crippen LogP contribution in [0, 0.1) is 0 Å². The summed E-state index contributed by atoms with van der Waals surface area (Å²) in [6.07, 6.45) is 0.645. The van der Waals surface area contributed by atoms with Gasteiger partial charge in [-0.1, -0.05) is 0 Å². The molecule has 0 radical (unpaired) electrons. The second-order valence-electron chi connectivity index (χ2n) is 2.63. The van der Waals surface area contributed by atoms with E-state index in [4.69, 9.17) is 4.74 Å². The minimum absolute atomic E-state index is 0.207. The highest BCUT2D eigenvalue weighted by atomic mass is 32.2. The standard InChI is InChI=1S/C8H8N2O2S/c1-12-8-5-3-13-4-6(5)9-7(2-11)10-8/h2H,3-4H2,1H3. The second kappa shape index (κ2) is 3.33. The fourth-order valence-electron chi connectivity index (χ4n) is 1.26. The van der Waals surface area contributed by atoms with E-state index in [-0.39, 0.29) is 5.82 Å². The Morgan fingerprint density at radius 1 is 1.46 bits per heavy atom. The Labute approximate surface area is 79.7 Å². The highest BCUT2D eigenvalue weighted by Crippen LogP contribution is 2.33. The first-order valence-electron chi connectivity index (χ1n) is 3.82. The van der Waals surface area contributed by atoms with Gasteiger partial charge in [-0.15, -0.1) is 0 Å². The number of aromatic nitrogens is 2. The van der Waals surface area contributed by atoms with Crippen LogP contribution < -0.4 is 4.74 Å². The van der Waals surface area contributed by atoms with Gasteiger partial charge in [-0.05, 0) is 0 Å². The molecule has 0 aromatic carbocycles. The number of aldehydes is 1. The van der Waals surface area contributed by atoms with Crippen molar-refractivity contribution in [1.29, 1.82) is 0 Å². The van der Waals surface area contributed by atoms with Crippen molar-refractivity contribution in [3.05, 3.63) is 17.1 Å². The minimum Gasteiger partial charge on any atom is -0.481 e. The van der Waals surface area contributed by atoms with Crippen LogP contribution in [0.3, 0.4) is 0 Å². The van der Waals surface area contributed by atoms with Crippen LogP contribution in [-0.2, 0) is 11.5 Å². The molecule has 68 valence electrons. The highest BCUT2D eigenvalue weighted by molar-refractivity contribution is 7.98. The van der Waals surface area contributed by atoms with Crippen molar-refractivity contribution in [3.8, 4) is 5.88 Å². The lowest BCUT2D eigenvalue weighted by Gasteiger charge is -2.04. The molecule has 0 spiro atoms. The van der Waals surface area contributed by atoms with E-state index in [1.54, 1.807) is 18.9 Å². The highest BCUT2D eigenvalue weighted by Gasteiger charge is 2.19. The molecule has 1 aliphatic rings. The summed E-state index contributed by atoms with van der Waals surface area (Å²) in [5.74, 6) is 2.46. The fraction of sp³-hybridized carbons (Fsp3) is 0.375. The zero-order chi connectivity index (χ0) is 9.26. The van der Waals surface area contributed by atoms with Gasteiger partial charge in [0.2, 0.25) is 5.88 Å². The van der Waals surface area contributed by atoms with Crippen LogP contribution in [0.2, 0.25) is 0 Å². The summed E-state index contributed by atoms with van der Waals surface area (Å²) >= 11 is 1.75. The molecule has 0 bridgehead atoms. The summed E-state index contributed by atoms with van der Waals surface area (Å²) < 4.78 is 5.08. The topological polar surface area (TPSA) is 52.1 Å². The van der Waals surface area contributed by atoms with E-state index >= 15 is 0 Å². The molecule has 5 heteroatoms. The van der Waals surface area contributed by atoms with Gasteiger partial charge in [0, 0.05) is 17.1 Å². The molecular weight excluding hydrogens is 188 g/mol. The summed E-state index contributed by atoms with van der Waals surface area (Å²) in [4.78, 5) is 18.6. The molecule has 0 unspecified atom stereocenters. The Morgan fingerprint density at radius 2 is 2.31 bits per heavy atom. The summed E-state index contributed by atoms with van der Waals surface area (Å²) in [6, 6.07) is 0. The molecule has 0 fully saturated rings. The molecule has 0 amide bonds. The first-order chi connectivity index (χ1) is 6.35. The largest absolute Gasteiger partial charge is 0.481 e. The quantitative estimate of drug-likeness (QED) is 0.661. The molecule has 1 aromatic heterocycles. The van der Waals surface area contributed by atoms with E-state index in [2.05, 4.69) is 9.97 Å². The summed E-state index contributed by atoms with van der Waals surface area (Å²) in [6.45, 7) is 0. The molecule has 0 atom stereocenters. The predicted molar refractivity (Wildman–Crippen MR) is 49.0 cm³/mol. The van der Waals surface area contributed by atoms with Crippen LogP contribution in [0.1, 0.15) is 21.9 Å². The van der Waals surface area contributed by atoms with Crippen LogP contribution in [0.5, 0.6) is 5.88 Å². The van der Waals surface area contributed by atoms with Gasteiger partial charge < -0.3 is 4.74 Å². The van der Waals surface area contributed by atoms with Gasteiger partial charge in [0.1, 0.15) is 0 Å². The fourth-order valence-corrected chi connectivity index (χ4v) is 2.29. The predicted octanol–water partition coefficient (Wildman–Crippen LogP) is 1.04. The smallest absolute Gasteiger partial charge is 0.221 e. The lowest BCUT2D eigenvalue weighted by atomic mass is 10.2. The number of thioether (sulfide) groups is 1. The molecule has 4 nitrogen and oxygen atoms in total. The zero-order valence-corrected chi connectivity index (χ0v) is 7.93. The molecule has 1 aliphatic heterocycles. The normalized spacial score (nSPS) is 13.9. The molecular formula is C8H8N2O2S. The number of methoxy groups -OCH3 is 1. The number of ether oxygens (including phenoxy) is 1. The van der Waals surface area contributed by atoms with E-state index < -0.39 is 0 Å². The van der Waals surface area contributed by atoms with E-state index in [0.717, 1.165) is 22.8 Å². The van der Waals surface area contributed by atoms with E-state index in [9.17, 15) is 4.79 Å².